The standard InChI is InChI=1S/C22H26BrClN2O2/c1-4-15(2)25-22(28)16(3)26(14-18-8-5-9-19(23)11-18)21(27)13-17-7-6-10-20(24)12-17/h5-12,15-16H,4,13-14H2,1-3H3,(H,25,28). The smallest absolute Gasteiger partial charge is 0.242 e. The van der Waals surface area contributed by atoms with Crippen molar-refractivity contribution in [1.82, 2.24) is 10.2 Å². The summed E-state index contributed by atoms with van der Waals surface area (Å²) in [6, 6.07) is 14.5. The molecule has 2 atom stereocenters. The van der Waals surface area contributed by atoms with Crippen LogP contribution in [0.5, 0.6) is 0 Å². The van der Waals surface area contributed by atoms with Gasteiger partial charge in [0.15, 0.2) is 0 Å². The first-order valence-corrected chi connectivity index (χ1v) is 10.6. The summed E-state index contributed by atoms with van der Waals surface area (Å²) in [5.74, 6) is -0.266. The lowest BCUT2D eigenvalue weighted by molar-refractivity contribution is -0.140. The Morgan fingerprint density at radius 1 is 1.11 bits per heavy atom. The second-order valence-electron chi connectivity index (χ2n) is 6.95. The molecule has 0 radical (unpaired) electrons. The molecule has 0 saturated carbocycles. The van der Waals surface area contributed by atoms with Gasteiger partial charge in [-0.1, -0.05) is 58.7 Å². The highest BCUT2D eigenvalue weighted by Crippen LogP contribution is 2.18. The van der Waals surface area contributed by atoms with Gasteiger partial charge in [-0.2, -0.15) is 0 Å². The average molecular weight is 466 g/mol. The van der Waals surface area contributed by atoms with E-state index in [1.165, 1.54) is 0 Å². The monoisotopic (exact) mass is 464 g/mol. The normalized spacial score (nSPS) is 12.9. The Bertz CT molecular complexity index is 828. The number of carbonyl (C=O) groups excluding carboxylic acids is 2. The van der Waals surface area contributed by atoms with Gasteiger partial charge in [-0.05, 0) is 55.7 Å². The van der Waals surface area contributed by atoms with Gasteiger partial charge in [0.1, 0.15) is 6.04 Å². The molecule has 0 heterocycles. The third-order valence-electron chi connectivity index (χ3n) is 4.65. The molecule has 6 heteroatoms. The lowest BCUT2D eigenvalue weighted by atomic mass is 10.1. The van der Waals surface area contributed by atoms with Crippen molar-refractivity contribution in [2.24, 2.45) is 0 Å². The molecule has 1 N–H and O–H groups in total. The predicted molar refractivity (Wildman–Crippen MR) is 117 cm³/mol. The summed E-state index contributed by atoms with van der Waals surface area (Å²) in [5.41, 5.74) is 1.78. The number of hydrogen-bond donors (Lipinski definition) is 1. The molecule has 2 unspecified atom stereocenters. The van der Waals surface area contributed by atoms with E-state index in [9.17, 15) is 9.59 Å². The molecule has 0 aliphatic carbocycles. The number of benzene rings is 2. The second-order valence-corrected chi connectivity index (χ2v) is 8.30. The highest BCUT2D eigenvalue weighted by Gasteiger charge is 2.26. The zero-order chi connectivity index (χ0) is 20.7. The quantitative estimate of drug-likeness (QED) is 0.598. The summed E-state index contributed by atoms with van der Waals surface area (Å²) in [6.07, 6.45) is 1.02. The molecule has 0 bridgehead atoms. The Labute approximate surface area is 180 Å². The highest BCUT2D eigenvalue weighted by atomic mass is 79.9. The van der Waals surface area contributed by atoms with Gasteiger partial charge in [0.05, 0.1) is 6.42 Å². The van der Waals surface area contributed by atoms with Gasteiger partial charge in [0.25, 0.3) is 0 Å². The van der Waals surface area contributed by atoms with Crippen LogP contribution in [0.4, 0.5) is 0 Å². The van der Waals surface area contributed by atoms with Crippen LogP contribution >= 0.6 is 27.5 Å². The molecule has 4 nitrogen and oxygen atoms in total. The zero-order valence-electron chi connectivity index (χ0n) is 16.4. The molecule has 0 fully saturated rings. The van der Waals surface area contributed by atoms with E-state index in [1.807, 2.05) is 50.2 Å². The number of carbonyl (C=O) groups is 2. The van der Waals surface area contributed by atoms with Crippen molar-refractivity contribution in [3.8, 4) is 0 Å². The van der Waals surface area contributed by atoms with Crippen molar-refractivity contribution >= 4 is 39.3 Å². The van der Waals surface area contributed by atoms with Crippen molar-refractivity contribution in [2.45, 2.75) is 52.2 Å². The first-order chi connectivity index (χ1) is 13.3. The Balaban J connectivity index is 2.23. The van der Waals surface area contributed by atoms with Gasteiger partial charge in [-0.3, -0.25) is 9.59 Å². The van der Waals surface area contributed by atoms with Gasteiger partial charge in [0.2, 0.25) is 11.8 Å². The van der Waals surface area contributed by atoms with Crippen LogP contribution < -0.4 is 5.32 Å². The van der Waals surface area contributed by atoms with E-state index in [4.69, 9.17) is 11.6 Å². The molecule has 0 saturated heterocycles. The van der Waals surface area contributed by atoms with Crippen LogP contribution in [0.15, 0.2) is 53.0 Å². The Hall–Kier alpha value is -1.85. The molecule has 2 rings (SSSR count). The van der Waals surface area contributed by atoms with Crippen LogP contribution in [0, 0.1) is 0 Å². The Morgan fingerprint density at radius 2 is 1.79 bits per heavy atom. The maximum absolute atomic E-state index is 13.1. The number of hydrogen-bond acceptors (Lipinski definition) is 2. The number of amides is 2. The summed E-state index contributed by atoms with van der Waals surface area (Å²) in [6.45, 7) is 6.09. The fraction of sp³-hybridized carbons (Fsp3) is 0.364. The van der Waals surface area contributed by atoms with E-state index >= 15 is 0 Å². The van der Waals surface area contributed by atoms with Gasteiger partial charge in [-0.15, -0.1) is 0 Å². The minimum absolute atomic E-state index is 0.0608. The van der Waals surface area contributed by atoms with Gasteiger partial charge in [0, 0.05) is 22.1 Å². The maximum atomic E-state index is 13.1. The number of halogens is 2. The fourth-order valence-corrected chi connectivity index (χ4v) is 3.46. The van der Waals surface area contributed by atoms with Crippen molar-refractivity contribution in [3.63, 3.8) is 0 Å². The first kappa shape index (κ1) is 22.4. The predicted octanol–water partition coefficient (Wildman–Crippen LogP) is 4.98. The fourth-order valence-electron chi connectivity index (χ4n) is 2.80. The van der Waals surface area contributed by atoms with Crippen molar-refractivity contribution in [3.05, 3.63) is 69.2 Å². The van der Waals surface area contributed by atoms with Crippen LogP contribution in [0.3, 0.4) is 0 Å². The van der Waals surface area contributed by atoms with E-state index in [1.54, 1.807) is 24.0 Å². The average Bonchev–Trinajstić information content (AvgIpc) is 2.65. The van der Waals surface area contributed by atoms with Crippen LogP contribution in [-0.4, -0.2) is 28.8 Å². The molecule has 2 aromatic rings. The zero-order valence-corrected chi connectivity index (χ0v) is 18.8. The van der Waals surface area contributed by atoms with Crippen molar-refractivity contribution in [1.29, 1.82) is 0 Å². The molecular weight excluding hydrogens is 440 g/mol. The second kappa shape index (κ2) is 10.6. The molecule has 2 aromatic carbocycles. The lowest BCUT2D eigenvalue weighted by Crippen LogP contribution is -2.49. The van der Waals surface area contributed by atoms with Crippen LogP contribution in [0.25, 0.3) is 0 Å². The van der Waals surface area contributed by atoms with E-state index in [2.05, 4.69) is 21.2 Å². The van der Waals surface area contributed by atoms with E-state index in [0.717, 1.165) is 22.0 Å². The van der Waals surface area contributed by atoms with Gasteiger partial charge >= 0.3 is 0 Å². The molecule has 150 valence electrons. The lowest BCUT2D eigenvalue weighted by Gasteiger charge is -2.30. The third kappa shape index (κ3) is 6.64. The third-order valence-corrected chi connectivity index (χ3v) is 5.38. The minimum Gasteiger partial charge on any atom is -0.352 e. The molecule has 0 spiro atoms. The summed E-state index contributed by atoms with van der Waals surface area (Å²) in [7, 11) is 0. The van der Waals surface area contributed by atoms with E-state index in [0.29, 0.717) is 11.6 Å². The molecule has 0 aliphatic rings. The molecule has 2 amide bonds. The maximum Gasteiger partial charge on any atom is 0.242 e. The summed E-state index contributed by atoms with van der Waals surface area (Å²) in [5, 5.41) is 3.56. The summed E-state index contributed by atoms with van der Waals surface area (Å²) < 4.78 is 0.934. The van der Waals surface area contributed by atoms with E-state index in [-0.39, 0.29) is 24.3 Å². The van der Waals surface area contributed by atoms with Crippen molar-refractivity contribution in [2.75, 3.05) is 0 Å². The molecule has 28 heavy (non-hydrogen) atoms. The van der Waals surface area contributed by atoms with Crippen LogP contribution in [-0.2, 0) is 22.6 Å². The topological polar surface area (TPSA) is 49.4 Å². The van der Waals surface area contributed by atoms with Crippen LogP contribution in [0.1, 0.15) is 38.3 Å². The molecular formula is C22H26BrClN2O2. The highest BCUT2D eigenvalue weighted by molar-refractivity contribution is 9.10. The van der Waals surface area contributed by atoms with Gasteiger partial charge in [-0.25, -0.2) is 0 Å². The first-order valence-electron chi connectivity index (χ1n) is 9.39. The SMILES string of the molecule is CCC(C)NC(=O)C(C)N(Cc1cccc(Br)c1)C(=O)Cc1cccc(Cl)c1. The van der Waals surface area contributed by atoms with Crippen LogP contribution in [0.2, 0.25) is 5.02 Å². The van der Waals surface area contributed by atoms with Crippen molar-refractivity contribution < 1.29 is 9.59 Å². The van der Waals surface area contributed by atoms with Gasteiger partial charge < -0.3 is 10.2 Å². The minimum atomic E-state index is -0.584. The Morgan fingerprint density at radius 3 is 2.43 bits per heavy atom. The van der Waals surface area contributed by atoms with E-state index < -0.39 is 6.04 Å². The number of rotatable bonds is 8. The molecule has 0 aromatic heterocycles. The Kier molecular flexibility index (Phi) is 8.52. The molecule has 0 aliphatic heterocycles. The number of nitrogens with zero attached hydrogens (tertiary/aromatic N) is 1. The summed E-state index contributed by atoms with van der Waals surface area (Å²) in [4.78, 5) is 27.4. The number of nitrogens with one attached hydrogen (secondary N) is 1. The summed E-state index contributed by atoms with van der Waals surface area (Å²) >= 11 is 9.51. The largest absolute Gasteiger partial charge is 0.352 e.